The smallest absolute Gasteiger partial charge is 0.241 e. The molecule has 0 bridgehead atoms. The molecule has 0 saturated heterocycles. The highest BCUT2D eigenvalue weighted by Crippen LogP contribution is 2.18. The summed E-state index contributed by atoms with van der Waals surface area (Å²) in [6, 6.07) is 1.92. The van der Waals surface area contributed by atoms with E-state index in [1.54, 1.807) is 11.9 Å². The van der Waals surface area contributed by atoms with Crippen molar-refractivity contribution in [2.24, 2.45) is 5.73 Å². The highest BCUT2D eigenvalue weighted by Gasteiger charge is 2.13. The highest BCUT2D eigenvalue weighted by atomic mass is 32.1. The highest BCUT2D eigenvalue weighted by molar-refractivity contribution is 7.80. The topological polar surface area (TPSA) is 71.2 Å². The second kappa shape index (κ2) is 6.47. The summed E-state index contributed by atoms with van der Waals surface area (Å²) in [5, 5.41) is 3.02. The van der Waals surface area contributed by atoms with Gasteiger partial charge in [0.25, 0.3) is 0 Å². The van der Waals surface area contributed by atoms with Gasteiger partial charge in [-0.05, 0) is 32.4 Å². The summed E-state index contributed by atoms with van der Waals surface area (Å²) in [5.74, 6) is 0.570. The maximum atomic E-state index is 11.8. The molecule has 0 unspecified atom stereocenters. The van der Waals surface area contributed by atoms with E-state index < -0.39 is 0 Å². The maximum Gasteiger partial charge on any atom is 0.241 e. The van der Waals surface area contributed by atoms with Crippen LogP contribution in [-0.4, -0.2) is 40.9 Å². The first-order valence-electron chi connectivity index (χ1n) is 6.12. The molecule has 3 N–H and O–H groups in total. The molecule has 0 atom stereocenters. The van der Waals surface area contributed by atoms with Crippen molar-refractivity contribution in [3.05, 3.63) is 22.9 Å². The number of carbonyl (C=O) groups excluding carboxylic acids is 1. The van der Waals surface area contributed by atoms with Gasteiger partial charge in [-0.2, -0.15) is 0 Å². The summed E-state index contributed by atoms with van der Waals surface area (Å²) in [6.45, 7) is 6.59. The molecule has 0 aliphatic heterocycles. The van der Waals surface area contributed by atoms with Gasteiger partial charge in [-0.1, -0.05) is 12.2 Å². The van der Waals surface area contributed by atoms with Crippen LogP contribution in [-0.2, 0) is 4.79 Å². The van der Waals surface area contributed by atoms with Crippen molar-refractivity contribution >= 4 is 28.9 Å². The standard InChI is InChI=1S/C13H20N4OS/c1-5-17(4)10(18)7-15-13-11(12(14)19)8(2)6-9(3)16-13/h6H,5,7H2,1-4H3,(H2,14,19)(H,15,16). The number of thiocarbonyl (C=S) groups is 1. The molecule has 0 spiro atoms. The molecule has 1 rings (SSSR count). The van der Waals surface area contributed by atoms with Crippen LogP contribution in [0.4, 0.5) is 5.82 Å². The van der Waals surface area contributed by atoms with Crippen molar-refractivity contribution in [3.8, 4) is 0 Å². The van der Waals surface area contributed by atoms with E-state index >= 15 is 0 Å². The Morgan fingerprint density at radius 1 is 1.53 bits per heavy atom. The zero-order valence-corrected chi connectivity index (χ0v) is 12.6. The number of hydrogen-bond donors (Lipinski definition) is 2. The lowest BCUT2D eigenvalue weighted by molar-refractivity contribution is -0.127. The molecule has 5 nitrogen and oxygen atoms in total. The Kier molecular flexibility index (Phi) is 5.23. The van der Waals surface area contributed by atoms with E-state index in [-0.39, 0.29) is 17.4 Å². The Labute approximate surface area is 119 Å². The average molecular weight is 280 g/mol. The number of pyridine rings is 1. The maximum absolute atomic E-state index is 11.8. The van der Waals surface area contributed by atoms with E-state index in [0.29, 0.717) is 17.9 Å². The summed E-state index contributed by atoms with van der Waals surface area (Å²) in [4.78, 5) is 18.0. The van der Waals surface area contributed by atoms with Gasteiger partial charge in [0.05, 0.1) is 12.1 Å². The van der Waals surface area contributed by atoms with Crippen LogP contribution in [0.15, 0.2) is 6.07 Å². The molecule has 0 radical (unpaired) electrons. The molecule has 19 heavy (non-hydrogen) atoms. The predicted octanol–water partition coefficient (Wildman–Crippen LogP) is 1.22. The number of aromatic nitrogens is 1. The fraction of sp³-hybridized carbons (Fsp3) is 0.462. The van der Waals surface area contributed by atoms with Gasteiger partial charge in [0.2, 0.25) is 5.91 Å². The molecule has 104 valence electrons. The van der Waals surface area contributed by atoms with Crippen LogP contribution in [0.2, 0.25) is 0 Å². The minimum atomic E-state index is -0.00245. The molecular weight excluding hydrogens is 260 g/mol. The monoisotopic (exact) mass is 280 g/mol. The molecule has 6 heteroatoms. The van der Waals surface area contributed by atoms with Crippen molar-refractivity contribution in [3.63, 3.8) is 0 Å². The van der Waals surface area contributed by atoms with E-state index in [0.717, 1.165) is 11.3 Å². The lowest BCUT2D eigenvalue weighted by Crippen LogP contribution is -2.32. The number of aryl methyl sites for hydroxylation is 2. The third-order valence-electron chi connectivity index (χ3n) is 2.90. The summed E-state index contributed by atoms with van der Waals surface area (Å²) in [6.07, 6.45) is 0. The van der Waals surface area contributed by atoms with Crippen LogP contribution >= 0.6 is 12.2 Å². The van der Waals surface area contributed by atoms with E-state index in [2.05, 4.69) is 10.3 Å². The van der Waals surface area contributed by atoms with Crippen molar-refractivity contribution in [2.45, 2.75) is 20.8 Å². The summed E-state index contributed by atoms with van der Waals surface area (Å²) < 4.78 is 0. The Hall–Kier alpha value is -1.69. The van der Waals surface area contributed by atoms with Gasteiger partial charge in [-0.15, -0.1) is 0 Å². The lowest BCUT2D eigenvalue weighted by atomic mass is 10.1. The number of likely N-dealkylation sites (N-methyl/N-ethyl adjacent to an activating group) is 1. The normalized spacial score (nSPS) is 10.1. The predicted molar refractivity (Wildman–Crippen MR) is 81.4 cm³/mol. The molecule has 0 aromatic carbocycles. The SMILES string of the molecule is CCN(C)C(=O)CNc1nc(C)cc(C)c1C(N)=S. The molecule has 0 aliphatic carbocycles. The first kappa shape index (κ1) is 15.4. The second-order valence-corrected chi connectivity index (χ2v) is 4.87. The number of nitrogens with zero attached hydrogens (tertiary/aromatic N) is 2. The Morgan fingerprint density at radius 2 is 2.16 bits per heavy atom. The molecule has 1 aromatic heterocycles. The first-order chi connectivity index (χ1) is 8.86. The summed E-state index contributed by atoms with van der Waals surface area (Å²) in [5.41, 5.74) is 8.23. The zero-order valence-electron chi connectivity index (χ0n) is 11.8. The fourth-order valence-corrected chi connectivity index (χ4v) is 2.00. The minimum Gasteiger partial charge on any atom is -0.389 e. The van der Waals surface area contributed by atoms with Gasteiger partial charge in [0.15, 0.2) is 0 Å². The van der Waals surface area contributed by atoms with Gasteiger partial charge in [-0.25, -0.2) is 4.98 Å². The van der Waals surface area contributed by atoms with Crippen molar-refractivity contribution < 1.29 is 4.79 Å². The van der Waals surface area contributed by atoms with Crippen LogP contribution in [0.5, 0.6) is 0 Å². The minimum absolute atomic E-state index is 0.00245. The van der Waals surface area contributed by atoms with E-state index in [9.17, 15) is 4.79 Å². The average Bonchev–Trinajstić information content (AvgIpc) is 2.33. The Bertz CT molecular complexity index is 502. The molecule has 1 amide bonds. The first-order valence-corrected chi connectivity index (χ1v) is 6.53. The van der Waals surface area contributed by atoms with Crippen LogP contribution in [0.3, 0.4) is 0 Å². The summed E-state index contributed by atoms with van der Waals surface area (Å²) in [7, 11) is 1.76. The number of carbonyl (C=O) groups is 1. The van der Waals surface area contributed by atoms with Crippen molar-refractivity contribution in [2.75, 3.05) is 25.5 Å². The third kappa shape index (κ3) is 3.89. The van der Waals surface area contributed by atoms with Crippen LogP contribution < -0.4 is 11.1 Å². The van der Waals surface area contributed by atoms with E-state index in [1.807, 2.05) is 26.8 Å². The van der Waals surface area contributed by atoms with Gasteiger partial charge in [-0.3, -0.25) is 4.79 Å². The fourth-order valence-electron chi connectivity index (χ4n) is 1.75. The number of nitrogens with one attached hydrogen (secondary N) is 1. The number of amides is 1. The van der Waals surface area contributed by atoms with E-state index in [4.69, 9.17) is 18.0 Å². The van der Waals surface area contributed by atoms with Crippen LogP contribution in [0.1, 0.15) is 23.7 Å². The van der Waals surface area contributed by atoms with Gasteiger partial charge in [0, 0.05) is 19.3 Å². The number of anilines is 1. The zero-order chi connectivity index (χ0) is 14.6. The third-order valence-corrected chi connectivity index (χ3v) is 3.10. The number of nitrogens with two attached hydrogens (primary N) is 1. The van der Waals surface area contributed by atoms with Crippen molar-refractivity contribution in [1.82, 2.24) is 9.88 Å². The number of rotatable bonds is 5. The molecular formula is C13H20N4OS. The molecule has 0 aliphatic rings. The molecule has 0 fully saturated rings. The Balaban J connectivity index is 2.94. The van der Waals surface area contributed by atoms with Gasteiger partial charge >= 0.3 is 0 Å². The molecule has 1 heterocycles. The largest absolute Gasteiger partial charge is 0.389 e. The van der Waals surface area contributed by atoms with E-state index in [1.165, 1.54) is 0 Å². The Morgan fingerprint density at radius 3 is 2.68 bits per heavy atom. The lowest BCUT2D eigenvalue weighted by Gasteiger charge is -2.17. The van der Waals surface area contributed by atoms with Gasteiger partial charge in [0.1, 0.15) is 10.8 Å². The molecule has 0 saturated carbocycles. The van der Waals surface area contributed by atoms with Crippen LogP contribution in [0.25, 0.3) is 0 Å². The van der Waals surface area contributed by atoms with Crippen molar-refractivity contribution in [1.29, 1.82) is 0 Å². The quantitative estimate of drug-likeness (QED) is 0.794. The second-order valence-electron chi connectivity index (χ2n) is 4.43. The summed E-state index contributed by atoms with van der Waals surface area (Å²) >= 11 is 5.04. The molecule has 1 aromatic rings. The van der Waals surface area contributed by atoms with Gasteiger partial charge < -0.3 is 16.0 Å². The van der Waals surface area contributed by atoms with Crippen LogP contribution in [0, 0.1) is 13.8 Å². The number of hydrogen-bond acceptors (Lipinski definition) is 4.